The Kier molecular flexibility index (Phi) is 5.23. The molecule has 0 saturated carbocycles. The number of amides is 1. The average molecular weight is 304 g/mol. The Balaban J connectivity index is 1.87. The minimum absolute atomic E-state index is 0.0142. The molecule has 0 saturated heterocycles. The summed E-state index contributed by atoms with van der Waals surface area (Å²) in [5.74, 6) is 0.516. The van der Waals surface area contributed by atoms with Crippen LogP contribution in [0.2, 0.25) is 5.02 Å². The molecule has 0 fully saturated rings. The van der Waals surface area contributed by atoms with Crippen LogP contribution in [0, 0.1) is 6.92 Å². The number of benzene rings is 2. The first-order valence-electron chi connectivity index (χ1n) is 6.79. The van der Waals surface area contributed by atoms with Crippen LogP contribution in [0.5, 0.6) is 5.75 Å². The molecule has 1 atom stereocenters. The van der Waals surface area contributed by atoms with Crippen molar-refractivity contribution in [3.63, 3.8) is 0 Å². The van der Waals surface area contributed by atoms with Gasteiger partial charge in [-0.15, -0.1) is 0 Å². The van der Waals surface area contributed by atoms with E-state index in [1.165, 1.54) is 0 Å². The van der Waals surface area contributed by atoms with Crippen molar-refractivity contribution in [3.05, 3.63) is 64.7 Å². The van der Waals surface area contributed by atoms with Gasteiger partial charge in [-0.1, -0.05) is 41.9 Å². The first-order chi connectivity index (χ1) is 10.1. The molecule has 1 amide bonds. The maximum absolute atomic E-state index is 11.9. The van der Waals surface area contributed by atoms with Crippen LogP contribution in [0.15, 0.2) is 48.5 Å². The van der Waals surface area contributed by atoms with E-state index in [9.17, 15) is 4.79 Å². The van der Waals surface area contributed by atoms with Crippen molar-refractivity contribution in [1.29, 1.82) is 0 Å². The number of halogens is 1. The molecule has 4 heteroatoms. The fraction of sp³-hybridized carbons (Fsp3) is 0.235. The van der Waals surface area contributed by atoms with E-state index in [0.717, 1.165) is 11.1 Å². The van der Waals surface area contributed by atoms with E-state index in [-0.39, 0.29) is 18.6 Å². The van der Waals surface area contributed by atoms with Gasteiger partial charge in [-0.25, -0.2) is 0 Å². The number of aryl methyl sites for hydroxylation is 1. The number of hydrogen-bond acceptors (Lipinski definition) is 2. The third kappa shape index (κ3) is 4.50. The zero-order valence-corrected chi connectivity index (χ0v) is 12.9. The Morgan fingerprint density at radius 2 is 1.95 bits per heavy atom. The largest absolute Gasteiger partial charge is 0.484 e. The second kappa shape index (κ2) is 7.14. The number of hydrogen-bond donors (Lipinski definition) is 1. The normalized spacial score (nSPS) is 11.8. The van der Waals surface area contributed by atoms with Crippen LogP contribution in [-0.4, -0.2) is 12.5 Å². The van der Waals surface area contributed by atoms with Crippen molar-refractivity contribution in [2.24, 2.45) is 0 Å². The fourth-order valence-corrected chi connectivity index (χ4v) is 2.25. The lowest BCUT2D eigenvalue weighted by Gasteiger charge is -2.15. The molecule has 2 rings (SSSR count). The predicted molar refractivity (Wildman–Crippen MR) is 84.7 cm³/mol. The van der Waals surface area contributed by atoms with Crippen molar-refractivity contribution >= 4 is 17.5 Å². The van der Waals surface area contributed by atoms with E-state index in [1.54, 1.807) is 18.2 Å². The topological polar surface area (TPSA) is 38.3 Å². The first kappa shape index (κ1) is 15.4. The molecule has 1 unspecified atom stereocenters. The highest BCUT2D eigenvalue weighted by molar-refractivity contribution is 6.30. The third-order valence-electron chi connectivity index (χ3n) is 3.17. The van der Waals surface area contributed by atoms with E-state index < -0.39 is 0 Å². The van der Waals surface area contributed by atoms with Crippen LogP contribution in [0.3, 0.4) is 0 Å². The third-order valence-corrected chi connectivity index (χ3v) is 3.41. The quantitative estimate of drug-likeness (QED) is 0.909. The lowest BCUT2D eigenvalue weighted by molar-refractivity contribution is -0.123. The average Bonchev–Trinajstić information content (AvgIpc) is 2.47. The van der Waals surface area contributed by atoms with Crippen LogP contribution in [0.25, 0.3) is 0 Å². The van der Waals surface area contributed by atoms with Crippen LogP contribution >= 0.6 is 11.6 Å². The minimum Gasteiger partial charge on any atom is -0.484 e. The van der Waals surface area contributed by atoms with E-state index in [2.05, 4.69) is 5.32 Å². The van der Waals surface area contributed by atoms with E-state index in [1.807, 2.05) is 44.2 Å². The van der Waals surface area contributed by atoms with Gasteiger partial charge in [0, 0.05) is 5.02 Å². The molecule has 2 aromatic rings. The Morgan fingerprint density at radius 1 is 1.24 bits per heavy atom. The summed E-state index contributed by atoms with van der Waals surface area (Å²) >= 11 is 5.88. The van der Waals surface area contributed by atoms with Gasteiger partial charge in [0.15, 0.2) is 6.61 Å². The molecule has 0 aliphatic rings. The lowest BCUT2D eigenvalue weighted by Crippen LogP contribution is -2.31. The van der Waals surface area contributed by atoms with E-state index in [4.69, 9.17) is 16.3 Å². The second-order valence-corrected chi connectivity index (χ2v) is 5.33. The Bertz CT molecular complexity index is 613. The maximum Gasteiger partial charge on any atom is 0.258 e. The summed E-state index contributed by atoms with van der Waals surface area (Å²) in [7, 11) is 0. The van der Waals surface area contributed by atoms with Gasteiger partial charge < -0.3 is 10.1 Å². The Morgan fingerprint density at radius 3 is 2.62 bits per heavy atom. The van der Waals surface area contributed by atoms with Gasteiger partial charge in [0.1, 0.15) is 5.75 Å². The number of carbonyl (C=O) groups is 1. The summed E-state index contributed by atoms with van der Waals surface area (Å²) < 4.78 is 5.52. The molecule has 3 nitrogen and oxygen atoms in total. The van der Waals surface area contributed by atoms with Crippen LogP contribution in [0.1, 0.15) is 24.1 Å². The van der Waals surface area contributed by atoms with E-state index >= 15 is 0 Å². The SMILES string of the molecule is Cc1cc(Cl)ccc1OCC(=O)NC(C)c1ccccc1. The van der Waals surface area contributed by atoms with Crippen molar-refractivity contribution in [2.75, 3.05) is 6.61 Å². The van der Waals surface area contributed by atoms with Gasteiger partial charge in [0.05, 0.1) is 6.04 Å². The highest BCUT2D eigenvalue weighted by atomic mass is 35.5. The molecule has 1 N–H and O–H groups in total. The summed E-state index contributed by atoms with van der Waals surface area (Å²) in [6.07, 6.45) is 0. The lowest BCUT2D eigenvalue weighted by atomic mass is 10.1. The zero-order valence-electron chi connectivity index (χ0n) is 12.1. The van der Waals surface area contributed by atoms with Crippen LogP contribution < -0.4 is 10.1 Å². The standard InChI is InChI=1S/C17H18ClNO2/c1-12-10-15(18)8-9-16(12)21-11-17(20)19-13(2)14-6-4-3-5-7-14/h3-10,13H,11H2,1-2H3,(H,19,20). The number of carbonyl (C=O) groups excluding carboxylic acids is 1. The van der Waals surface area contributed by atoms with Gasteiger partial charge in [-0.2, -0.15) is 0 Å². The summed E-state index contributed by atoms with van der Waals surface area (Å²) in [6.45, 7) is 3.83. The van der Waals surface area contributed by atoms with Gasteiger partial charge >= 0.3 is 0 Å². The summed E-state index contributed by atoms with van der Waals surface area (Å²) in [5, 5.41) is 3.56. The molecule has 0 spiro atoms. The van der Waals surface area contributed by atoms with Crippen LogP contribution in [0.4, 0.5) is 0 Å². The highest BCUT2D eigenvalue weighted by Crippen LogP contribution is 2.21. The fourth-order valence-electron chi connectivity index (χ4n) is 2.03. The molecule has 110 valence electrons. The number of rotatable bonds is 5. The van der Waals surface area contributed by atoms with Gasteiger partial charge in [-0.3, -0.25) is 4.79 Å². The smallest absolute Gasteiger partial charge is 0.258 e. The number of ether oxygens (including phenoxy) is 1. The molecule has 0 aliphatic carbocycles. The molecule has 0 radical (unpaired) electrons. The molecule has 21 heavy (non-hydrogen) atoms. The Hall–Kier alpha value is -2.00. The molecular weight excluding hydrogens is 286 g/mol. The van der Waals surface area contributed by atoms with Gasteiger partial charge in [-0.05, 0) is 43.2 Å². The summed E-state index contributed by atoms with van der Waals surface area (Å²) in [5.41, 5.74) is 1.97. The summed E-state index contributed by atoms with van der Waals surface area (Å²) in [6, 6.07) is 15.1. The van der Waals surface area contributed by atoms with Crippen molar-refractivity contribution in [2.45, 2.75) is 19.9 Å². The van der Waals surface area contributed by atoms with Crippen LogP contribution in [-0.2, 0) is 4.79 Å². The maximum atomic E-state index is 11.9. The molecule has 0 aliphatic heterocycles. The van der Waals surface area contributed by atoms with Crippen molar-refractivity contribution in [1.82, 2.24) is 5.32 Å². The summed E-state index contributed by atoms with van der Waals surface area (Å²) in [4.78, 5) is 11.9. The van der Waals surface area contributed by atoms with E-state index in [0.29, 0.717) is 10.8 Å². The molecule has 0 aromatic heterocycles. The van der Waals surface area contributed by atoms with Gasteiger partial charge in [0.25, 0.3) is 5.91 Å². The minimum atomic E-state index is -0.152. The molecule has 0 heterocycles. The monoisotopic (exact) mass is 303 g/mol. The predicted octanol–water partition coefficient (Wildman–Crippen LogP) is 3.90. The molecule has 2 aromatic carbocycles. The second-order valence-electron chi connectivity index (χ2n) is 4.90. The zero-order chi connectivity index (χ0) is 15.2. The first-order valence-corrected chi connectivity index (χ1v) is 7.17. The van der Waals surface area contributed by atoms with Gasteiger partial charge in [0.2, 0.25) is 0 Å². The van der Waals surface area contributed by atoms with Crippen molar-refractivity contribution in [3.8, 4) is 5.75 Å². The highest BCUT2D eigenvalue weighted by Gasteiger charge is 2.10. The van der Waals surface area contributed by atoms with Crippen molar-refractivity contribution < 1.29 is 9.53 Å². The Labute approximate surface area is 129 Å². The molecular formula is C17H18ClNO2. The molecule has 0 bridgehead atoms. The number of nitrogens with one attached hydrogen (secondary N) is 1.